The lowest BCUT2D eigenvalue weighted by Gasteiger charge is -2.44. The van der Waals surface area contributed by atoms with Crippen LogP contribution >= 0.6 is 0 Å². The molecular formula is C21H23N7O2. The molecule has 2 aliphatic rings. The first kappa shape index (κ1) is 18.8. The number of tetrazole rings is 1. The zero-order valence-corrected chi connectivity index (χ0v) is 17.1. The van der Waals surface area contributed by atoms with Gasteiger partial charge in [0.25, 0.3) is 5.91 Å². The molecule has 2 aliphatic heterocycles. The first-order valence-corrected chi connectivity index (χ1v) is 10.1. The van der Waals surface area contributed by atoms with Crippen LogP contribution in [0, 0.1) is 6.92 Å². The van der Waals surface area contributed by atoms with Gasteiger partial charge in [-0.2, -0.15) is 4.80 Å². The molecule has 0 atom stereocenters. The van der Waals surface area contributed by atoms with E-state index in [1.807, 2.05) is 42.3 Å². The number of aryl methyl sites for hydroxylation is 2. The van der Waals surface area contributed by atoms with Crippen LogP contribution in [0.2, 0.25) is 0 Å². The van der Waals surface area contributed by atoms with E-state index in [-0.39, 0.29) is 5.91 Å². The summed E-state index contributed by atoms with van der Waals surface area (Å²) in [6, 6.07) is 7.36. The SMILES string of the molecule is Cc1ncc2c(n1)C1(CCN(C(=O)c3ccc(-c4nnn(C)n4)cc3)CC1)OCC2. The number of carbonyl (C=O) groups is 1. The average molecular weight is 405 g/mol. The number of ether oxygens (including phenoxy) is 1. The van der Waals surface area contributed by atoms with Gasteiger partial charge in [-0.15, -0.1) is 10.2 Å². The van der Waals surface area contributed by atoms with E-state index in [1.165, 1.54) is 10.4 Å². The van der Waals surface area contributed by atoms with Gasteiger partial charge < -0.3 is 9.64 Å². The third kappa shape index (κ3) is 3.24. The minimum absolute atomic E-state index is 0.0263. The Hall–Kier alpha value is -3.20. The largest absolute Gasteiger partial charge is 0.368 e. The first-order valence-electron chi connectivity index (χ1n) is 10.1. The van der Waals surface area contributed by atoms with E-state index in [4.69, 9.17) is 9.72 Å². The molecule has 1 spiro atoms. The predicted octanol–water partition coefficient (Wildman–Crippen LogP) is 1.68. The topological polar surface area (TPSA) is 98.9 Å². The highest BCUT2D eigenvalue weighted by atomic mass is 16.5. The van der Waals surface area contributed by atoms with Crippen molar-refractivity contribution in [2.45, 2.75) is 31.8 Å². The van der Waals surface area contributed by atoms with E-state index in [0.29, 0.717) is 31.1 Å². The monoisotopic (exact) mass is 405 g/mol. The van der Waals surface area contributed by atoms with E-state index in [2.05, 4.69) is 20.4 Å². The lowest BCUT2D eigenvalue weighted by Crippen LogP contribution is -2.49. The van der Waals surface area contributed by atoms with Gasteiger partial charge in [0.1, 0.15) is 11.4 Å². The fourth-order valence-electron chi connectivity index (χ4n) is 4.29. The zero-order valence-electron chi connectivity index (χ0n) is 17.1. The summed E-state index contributed by atoms with van der Waals surface area (Å²) in [6.07, 6.45) is 4.24. The van der Waals surface area contributed by atoms with Gasteiger partial charge in [-0.25, -0.2) is 9.97 Å². The molecule has 0 N–H and O–H groups in total. The Labute approximate surface area is 174 Å². The van der Waals surface area contributed by atoms with Crippen LogP contribution < -0.4 is 0 Å². The van der Waals surface area contributed by atoms with Gasteiger partial charge in [0.15, 0.2) is 0 Å². The summed E-state index contributed by atoms with van der Waals surface area (Å²) >= 11 is 0. The second-order valence-electron chi connectivity index (χ2n) is 7.86. The molecule has 5 rings (SSSR count). The number of aromatic nitrogens is 6. The van der Waals surface area contributed by atoms with Crippen LogP contribution in [-0.4, -0.2) is 60.7 Å². The Bertz CT molecular complexity index is 1080. The van der Waals surface area contributed by atoms with Gasteiger partial charge >= 0.3 is 0 Å². The smallest absolute Gasteiger partial charge is 0.253 e. The number of fused-ring (bicyclic) bond motifs is 2. The van der Waals surface area contributed by atoms with Crippen molar-refractivity contribution >= 4 is 5.91 Å². The molecule has 9 heteroatoms. The standard InChI is InChI=1S/C21H23N7O2/c1-14-22-13-17-7-12-30-21(18(17)23-14)8-10-28(11-9-21)20(29)16-5-3-15(4-6-16)19-24-26-27(2)25-19/h3-6,13H,7-12H2,1-2H3. The van der Waals surface area contributed by atoms with Crippen molar-refractivity contribution in [1.82, 2.24) is 35.1 Å². The number of benzene rings is 1. The summed E-state index contributed by atoms with van der Waals surface area (Å²) in [6.45, 7) is 3.84. The summed E-state index contributed by atoms with van der Waals surface area (Å²) in [5.41, 5.74) is 3.26. The molecule has 9 nitrogen and oxygen atoms in total. The van der Waals surface area contributed by atoms with Crippen LogP contribution in [0.4, 0.5) is 0 Å². The van der Waals surface area contributed by atoms with Crippen molar-refractivity contribution in [2.75, 3.05) is 19.7 Å². The van der Waals surface area contributed by atoms with Gasteiger partial charge in [-0.1, -0.05) is 12.1 Å². The van der Waals surface area contributed by atoms with Crippen molar-refractivity contribution in [3.8, 4) is 11.4 Å². The summed E-state index contributed by atoms with van der Waals surface area (Å²) in [5, 5.41) is 12.0. The minimum atomic E-state index is -0.403. The molecule has 0 unspecified atom stereocenters. The van der Waals surface area contributed by atoms with Crippen LogP contribution in [0.15, 0.2) is 30.5 Å². The van der Waals surface area contributed by atoms with Crippen molar-refractivity contribution in [1.29, 1.82) is 0 Å². The number of piperidine rings is 1. The van der Waals surface area contributed by atoms with E-state index in [0.717, 1.165) is 36.3 Å². The van der Waals surface area contributed by atoms with Gasteiger partial charge in [-0.05, 0) is 49.1 Å². The van der Waals surface area contributed by atoms with Gasteiger partial charge in [0, 0.05) is 30.4 Å². The molecule has 0 bridgehead atoms. The third-order valence-electron chi connectivity index (χ3n) is 5.92. The van der Waals surface area contributed by atoms with Crippen LogP contribution in [-0.2, 0) is 23.8 Å². The fraction of sp³-hybridized carbons (Fsp3) is 0.429. The van der Waals surface area contributed by atoms with Gasteiger partial charge in [-0.3, -0.25) is 4.79 Å². The van der Waals surface area contributed by atoms with Crippen molar-refractivity contribution < 1.29 is 9.53 Å². The Morgan fingerprint density at radius 2 is 1.93 bits per heavy atom. The van der Waals surface area contributed by atoms with Crippen LogP contribution in [0.3, 0.4) is 0 Å². The zero-order chi connectivity index (χ0) is 20.7. The highest BCUT2D eigenvalue weighted by Crippen LogP contribution is 2.40. The van der Waals surface area contributed by atoms with Crippen molar-refractivity contribution in [2.24, 2.45) is 7.05 Å². The highest BCUT2D eigenvalue weighted by molar-refractivity contribution is 5.94. The molecule has 0 radical (unpaired) electrons. The minimum Gasteiger partial charge on any atom is -0.368 e. The number of hydrogen-bond donors (Lipinski definition) is 0. The second kappa shape index (κ2) is 7.24. The van der Waals surface area contributed by atoms with Crippen molar-refractivity contribution in [3.63, 3.8) is 0 Å². The Morgan fingerprint density at radius 3 is 2.63 bits per heavy atom. The summed E-state index contributed by atoms with van der Waals surface area (Å²) in [7, 11) is 1.72. The molecule has 154 valence electrons. The molecule has 1 fully saturated rings. The van der Waals surface area contributed by atoms with E-state index in [9.17, 15) is 4.79 Å². The second-order valence-corrected chi connectivity index (χ2v) is 7.86. The first-order chi connectivity index (χ1) is 14.5. The van der Waals surface area contributed by atoms with Crippen LogP contribution in [0.25, 0.3) is 11.4 Å². The van der Waals surface area contributed by atoms with Gasteiger partial charge in [0.05, 0.1) is 19.3 Å². The maximum Gasteiger partial charge on any atom is 0.253 e. The van der Waals surface area contributed by atoms with Crippen LogP contribution in [0.5, 0.6) is 0 Å². The molecule has 1 saturated heterocycles. The average Bonchev–Trinajstić information content (AvgIpc) is 3.21. The molecule has 0 saturated carbocycles. The Balaban J connectivity index is 1.30. The van der Waals surface area contributed by atoms with Gasteiger partial charge in [0.2, 0.25) is 5.82 Å². The third-order valence-corrected chi connectivity index (χ3v) is 5.92. The molecular weight excluding hydrogens is 382 g/mol. The molecule has 0 aliphatic carbocycles. The van der Waals surface area contributed by atoms with E-state index in [1.54, 1.807) is 7.05 Å². The quantitative estimate of drug-likeness (QED) is 0.640. The summed E-state index contributed by atoms with van der Waals surface area (Å²) < 4.78 is 6.24. The maximum atomic E-state index is 13.0. The lowest BCUT2D eigenvalue weighted by molar-refractivity contribution is -0.0968. The Morgan fingerprint density at radius 1 is 1.17 bits per heavy atom. The maximum absolute atomic E-state index is 13.0. The van der Waals surface area contributed by atoms with E-state index >= 15 is 0 Å². The van der Waals surface area contributed by atoms with Crippen LogP contribution in [0.1, 0.15) is 40.3 Å². The number of amides is 1. The number of carbonyl (C=O) groups excluding carboxylic acids is 1. The summed E-state index contributed by atoms with van der Waals surface area (Å²) in [5.74, 6) is 1.33. The number of nitrogens with zero attached hydrogens (tertiary/aromatic N) is 7. The number of rotatable bonds is 2. The number of hydrogen-bond acceptors (Lipinski definition) is 7. The number of likely N-dealkylation sites (tertiary alicyclic amines) is 1. The summed E-state index contributed by atoms with van der Waals surface area (Å²) in [4.78, 5) is 25.4. The van der Waals surface area contributed by atoms with E-state index < -0.39 is 5.60 Å². The molecule has 30 heavy (non-hydrogen) atoms. The predicted molar refractivity (Wildman–Crippen MR) is 107 cm³/mol. The highest BCUT2D eigenvalue weighted by Gasteiger charge is 2.43. The molecule has 1 amide bonds. The normalized spacial score (nSPS) is 17.7. The molecule has 1 aromatic carbocycles. The van der Waals surface area contributed by atoms with Crippen molar-refractivity contribution in [3.05, 3.63) is 53.1 Å². The fourth-order valence-corrected chi connectivity index (χ4v) is 4.29. The Kier molecular flexibility index (Phi) is 4.54. The molecule has 4 heterocycles. The molecule has 3 aromatic rings. The lowest BCUT2D eigenvalue weighted by atomic mass is 9.83. The molecule has 2 aromatic heterocycles.